The molecule has 1 aliphatic heterocycles. The Bertz CT molecular complexity index is 791. The van der Waals surface area contributed by atoms with Gasteiger partial charge in [0.05, 0.1) is 5.69 Å². The van der Waals surface area contributed by atoms with Gasteiger partial charge in [0.15, 0.2) is 5.96 Å². The third-order valence-corrected chi connectivity index (χ3v) is 5.60. The van der Waals surface area contributed by atoms with Crippen molar-refractivity contribution in [3.63, 3.8) is 0 Å². The Morgan fingerprint density at radius 1 is 1.41 bits per heavy atom. The number of aliphatic imine (C=N–C) groups is 1. The normalized spacial score (nSPS) is 14.2. The fourth-order valence-corrected chi connectivity index (χ4v) is 3.89. The molecule has 8 heteroatoms. The second kappa shape index (κ2) is 9.03. The van der Waals surface area contributed by atoms with Gasteiger partial charge in [0, 0.05) is 37.5 Å². The number of amides is 1. The first-order valence-electron chi connectivity index (χ1n) is 9.35. The van der Waals surface area contributed by atoms with Crippen LogP contribution in [0.15, 0.2) is 20.9 Å². The Kier molecular flexibility index (Phi) is 6.49. The number of oxazole rings is 1. The molecule has 0 aliphatic carbocycles. The third kappa shape index (κ3) is 5.09. The fourth-order valence-electron chi connectivity index (χ4n) is 3.00. The van der Waals surface area contributed by atoms with Gasteiger partial charge in [-0.15, -0.1) is 11.3 Å². The molecule has 0 atom stereocenters. The molecule has 3 heterocycles. The number of nitrogens with zero attached hydrogens (tertiary/aromatic N) is 3. The van der Waals surface area contributed by atoms with Crippen LogP contribution in [0, 0.1) is 13.8 Å². The number of rotatable bonds is 6. The second-order valence-corrected chi connectivity index (χ2v) is 7.56. The molecule has 2 aromatic heterocycles. The largest absolute Gasteiger partial charge is 0.444 e. The third-order valence-electron chi connectivity index (χ3n) is 4.58. The van der Waals surface area contributed by atoms with Gasteiger partial charge in [0.25, 0.3) is 0 Å². The van der Waals surface area contributed by atoms with Gasteiger partial charge in [-0.05, 0) is 44.2 Å². The summed E-state index contributed by atoms with van der Waals surface area (Å²) in [6, 6.07) is 2.12. The van der Waals surface area contributed by atoms with Crippen molar-refractivity contribution in [2.45, 2.75) is 46.7 Å². The van der Waals surface area contributed by atoms with Crippen LogP contribution in [0.4, 0.5) is 0 Å². The quantitative estimate of drug-likeness (QED) is 0.585. The van der Waals surface area contributed by atoms with Crippen LogP contribution in [-0.2, 0) is 24.3 Å². The molecule has 0 saturated heterocycles. The van der Waals surface area contributed by atoms with Crippen LogP contribution >= 0.6 is 11.3 Å². The molecule has 146 valence electrons. The van der Waals surface area contributed by atoms with Gasteiger partial charge < -0.3 is 20.0 Å². The van der Waals surface area contributed by atoms with Crippen LogP contribution in [0.3, 0.4) is 0 Å². The Labute approximate surface area is 163 Å². The maximum atomic E-state index is 12.5. The lowest BCUT2D eigenvalue weighted by Gasteiger charge is -2.27. The Morgan fingerprint density at radius 2 is 2.26 bits per heavy atom. The Morgan fingerprint density at radius 3 is 3.00 bits per heavy atom. The number of aromatic nitrogens is 1. The second-order valence-electron chi connectivity index (χ2n) is 6.56. The molecule has 0 bridgehead atoms. The fraction of sp³-hybridized carbons (Fsp3) is 0.526. The van der Waals surface area contributed by atoms with Crippen LogP contribution in [0.1, 0.15) is 41.1 Å². The number of nitrogens with one attached hydrogen (secondary N) is 2. The molecule has 0 radical (unpaired) electrons. The predicted octanol–water partition coefficient (Wildman–Crippen LogP) is 2.38. The molecule has 3 rings (SSSR count). The van der Waals surface area contributed by atoms with Gasteiger partial charge in [-0.2, -0.15) is 0 Å². The lowest BCUT2D eigenvalue weighted by atomic mass is 10.1. The zero-order valence-corrected chi connectivity index (χ0v) is 17.0. The van der Waals surface area contributed by atoms with Crippen LogP contribution in [0.5, 0.6) is 0 Å². The summed E-state index contributed by atoms with van der Waals surface area (Å²) in [5.41, 5.74) is 2.18. The van der Waals surface area contributed by atoms with Crippen molar-refractivity contribution in [2.75, 3.05) is 19.6 Å². The number of hydrogen-bond acceptors (Lipinski definition) is 5. The molecule has 0 unspecified atom stereocenters. The maximum absolute atomic E-state index is 12.5. The van der Waals surface area contributed by atoms with Crippen LogP contribution < -0.4 is 10.6 Å². The summed E-state index contributed by atoms with van der Waals surface area (Å²) in [6.45, 7) is 9.01. The minimum absolute atomic E-state index is 0.175. The molecule has 1 aliphatic rings. The summed E-state index contributed by atoms with van der Waals surface area (Å²) in [5.74, 6) is 2.25. The predicted molar refractivity (Wildman–Crippen MR) is 107 cm³/mol. The molecular formula is C19H27N5O2S. The SMILES string of the molecule is CCNC(=NCc1nc(C)c(C)o1)NCCC(=O)N1CCc2sccc2C1. The highest BCUT2D eigenvalue weighted by Crippen LogP contribution is 2.24. The van der Waals surface area contributed by atoms with E-state index in [1.165, 1.54) is 10.4 Å². The molecule has 1 amide bonds. The summed E-state index contributed by atoms with van der Waals surface area (Å²) in [5, 5.41) is 8.51. The number of guanidine groups is 1. The average Bonchev–Trinajstić information content (AvgIpc) is 3.25. The van der Waals surface area contributed by atoms with E-state index in [-0.39, 0.29) is 5.91 Å². The summed E-state index contributed by atoms with van der Waals surface area (Å²) in [6.07, 6.45) is 1.41. The number of hydrogen-bond donors (Lipinski definition) is 2. The number of thiophene rings is 1. The van der Waals surface area contributed by atoms with Crippen LogP contribution in [-0.4, -0.2) is 41.4 Å². The van der Waals surface area contributed by atoms with E-state index in [1.807, 2.05) is 25.7 Å². The number of fused-ring (bicyclic) bond motifs is 1. The van der Waals surface area contributed by atoms with Crippen molar-refractivity contribution in [1.82, 2.24) is 20.5 Å². The van der Waals surface area contributed by atoms with Crippen LogP contribution in [0.2, 0.25) is 0 Å². The van der Waals surface area contributed by atoms with Crippen molar-refractivity contribution < 1.29 is 9.21 Å². The lowest BCUT2D eigenvalue weighted by Crippen LogP contribution is -2.41. The monoisotopic (exact) mass is 389 g/mol. The first kappa shape index (κ1) is 19.4. The minimum Gasteiger partial charge on any atom is -0.444 e. The summed E-state index contributed by atoms with van der Waals surface area (Å²) in [4.78, 5) is 24.7. The molecule has 0 aromatic carbocycles. The molecule has 2 N–H and O–H groups in total. The van der Waals surface area contributed by atoms with Gasteiger partial charge in [-0.3, -0.25) is 4.79 Å². The molecule has 0 spiro atoms. The zero-order valence-electron chi connectivity index (χ0n) is 16.2. The molecule has 2 aromatic rings. The number of carbonyl (C=O) groups is 1. The highest BCUT2D eigenvalue weighted by Gasteiger charge is 2.21. The smallest absolute Gasteiger partial charge is 0.224 e. The van der Waals surface area contributed by atoms with Crippen molar-refractivity contribution in [3.05, 3.63) is 39.2 Å². The minimum atomic E-state index is 0.175. The first-order chi connectivity index (χ1) is 13.1. The molecule has 7 nitrogen and oxygen atoms in total. The molecule has 0 saturated carbocycles. The highest BCUT2D eigenvalue weighted by molar-refractivity contribution is 7.10. The van der Waals surface area contributed by atoms with Crippen molar-refractivity contribution in [3.8, 4) is 0 Å². The van der Waals surface area contributed by atoms with Gasteiger partial charge >= 0.3 is 0 Å². The van der Waals surface area contributed by atoms with Gasteiger partial charge in [-0.1, -0.05) is 0 Å². The van der Waals surface area contributed by atoms with Gasteiger partial charge in [0.2, 0.25) is 11.8 Å². The average molecular weight is 390 g/mol. The first-order valence-corrected chi connectivity index (χ1v) is 10.2. The van der Waals surface area contributed by atoms with E-state index in [4.69, 9.17) is 4.42 Å². The molecular weight excluding hydrogens is 362 g/mol. The van der Waals surface area contributed by atoms with Crippen molar-refractivity contribution in [1.29, 1.82) is 0 Å². The zero-order chi connectivity index (χ0) is 19.2. The summed E-state index contributed by atoms with van der Waals surface area (Å²) < 4.78 is 5.55. The lowest BCUT2D eigenvalue weighted by molar-refractivity contribution is -0.131. The van der Waals surface area contributed by atoms with Gasteiger partial charge in [-0.25, -0.2) is 9.98 Å². The summed E-state index contributed by atoms with van der Waals surface area (Å²) in [7, 11) is 0. The van der Waals surface area contributed by atoms with E-state index in [1.54, 1.807) is 11.3 Å². The molecule has 0 fully saturated rings. The van der Waals surface area contributed by atoms with E-state index in [2.05, 4.69) is 32.1 Å². The summed E-state index contributed by atoms with van der Waals surface area (Å²) >= 11 is 1.79. The van der Waals surface area contributed by atoms with Crippen molar-refractivity contribution in [2.24, 2.45) is 4.99 Å². The van der Waals surface area contributed by atoms with Crippen LogP contribution in [0.25, 0.3) is 0 Å². The topological polar surface area (TPSA) is 82.8 Å². The standard InChI is InChI=1S/C19H27N5O2S/c1-4-20-19(22-11-17-23-13(2)14(3)26-17)21-8-5-18(25)24-9-6-16-15(12-24)7-10-27-16/h7,10H,4-6,8-9,11-12H2,1-3H3,(H2,20,21,22). The van der Waals surface area contributed by atoms with E-state index < -0.39 is 0 Å². The highest BCUT2D eigenvalue weighted by atomic mass is 32.1. The maximum Gasteiger partial charge on any atom is 0.224 e. The number of carbonyl (C=O) groups excluding carboxylic acids is 1. The Hall–Kier alpha value is -2.35. The van der Waals surface area contributed by atoms with E-state index in [0.29, 0.717) is 31.4 Å². The van der Waals surface area contributed by atoms with E-state index in [9.17, 15) is 4.79 Å². The number of aryl methyl sites for hydroxylation is 2. The molecule has 27 heavy (non-hydrogen) atoms. The van der Waals surface area contributed by atoms with E-state index >= 15 is 0 Å². The Balaban J connectivity index is 1.47. The van der Waals surface area contributed by atoms with Gasteiger partial charge in [0.1, 0.15) is 12.3 Å². The van der Waals surface area contributed by atoms with Crippen molar-refractivity contribution >= 4 is 23.2 Å². The van der Waals surface area contributed by atoms with E-state index in [0.717, 1.165) is 37.5 Å².